The fourth-order valence-electron chi connectivity index (χ4n) is 0.936. The second kappa shape index (κ2) is 3.05. The fourth-order valence-corrected chi connectivity index (χ4v) is 2.60. The zero-order valence-electron chi connectivity index (χ0n) is 6.41. The van der Waals surface area contributed by atoms with Gasteiger partial charge in [0.05, 0.1) is 15.5 Å². The average Bonchev–Trinajstić information content (AvgIpc) is 1.97. The predicted octanol–water partition coefficient (Wildman–Crippen LogP) is 1.29. The van der Waals surface area contributed by atoms with E-state index in [0.29, 0.717) is 11.5 Å². The molecule has 0 spiro atoms. The lowest BCUT2D eigenvalue weighted by molar-refractivity contribution is 0.676. The van der Waals surface area contributed by atoms with Crippen molar-refractivity contribution in [3.8, 4) is 6.19 Å². The van der Waals surface area contributed by atoms with Crippen molar-refractivity contribution < 1.29 is 4.21 Å². The van der Waals surface area contributed by atoms with Gasteiger partial charge in [-0.25, -0.2) is 4.21 Å². The lowest BCUT2D eigenvalue weighted by Gasteiger charge is -2.11. The first-order valence-corrected chi connectivity index (χ1v) is 5.28. The van der Waals surface area contributed by atoms with E-state index in [1.54, 1.807) is 6.19 Å². The number of hydrogen-bond acceptors (Lipinski definition) is 3. The van der Waals surface area contributed by atoms with Gasteiger partial charge in [0.25, 0.3) is 0 Å². The zero-order chi connectivity index (χ0) is 8.32. The molecule has 0 fully saturated rings. The standard InChI is InChI=1S/C7H10N2OS/c1-7-2-4-11(10,5-3-7)9-6-8/h2H,3-5H2,1H3. The first kappa shape index (κ1) is 8.28. The lowest BCUT2D eigenvalue weighted by atomic mass is 10.2. The van der Waals surface area contributed by atoms with Crippen LogP contribution in [0.15, 0.2) is 16.0 Å². The van der Waals surface area contributed by atoms with Gasteiger partial charge in [-0.3, -0.25) is 0 Å². The van der Waals surface area contributed by atoms with Gasteiger partial charge >= 0.3 is 0 Å². The summed E-state index contributed by atoms with van der Waals surface area (Å²) in [5, 5.41) is 8.23. The third-order valence-electron chi connectivity index (χ3n) is 1.71. The molecule has 1 heterocycles. The van der Waals surface area contributed by atoms with Crippen LogP contribution < -0.4 is 0 Å². The van der Waals surface area contributed by atoms with Gasteiger partial charge < -0.3 is 0 Å². The van der Waals surface area contributed by atoms with Crippen molar-refractivity contribution in [2.24, 2.45) is 4.36 Å². The third-order valence-corrected chi connectivity index (χ3v) is 3.66. The van der Waals surface area contributed by atoms with Crippen molar-refractivity contribution in [2.75, 3.05) is 11.5 Å². The van der Waals surface area contributed by atoms with E-state index in [0.717, 1.165) is 6.42 Å². The zero-order valence-corrected chi connectivity index (χ0v) is 7.23. The van der Waals surface area contributed by atoms with Crippen LogP contribution in [0.4, 0.5) is 0 Å². The molecule has 4 heteroatoms. The maximum absolute atomic E-state index is 11.5. The Hall–Kier alpha value is -0.820. The van der Waals surface area contributed by atoms with E-state index >= 15 is 0 Å². The molecule has 0 aromatic heterocycles. The Bertz CT molecular complexity index is 329. The second-order valence-electron chi connectivity index (χ2n) is 2.64. The summed E-state index contributed by atoms with van der Waals surface area (Å²) >= 11 is 0. The minimum Gasteiger partial charge on any atom is -0.248 e. The maximum atomic E-state index is 11.5. The van der Waals surface area contributed by atoms with E-state index in [2.05, 4.69) is 4.36 Å². The summed E-state index contributed by atoms with van der Waals surface area (Å²) in [6.45, 7) is 2.01. The third kappa shape index (κ3) is 2.05. The summed E-state index contributed by atoms with van der Waals surface area (Å²) in [4.78, 5) is 0. The van der Waals surface area contributed by atoms with Gasteiger partial charge in [0, 0.05) is 5.75 Å². The fraction of sp³-hybridized carbons (Fsp3) is 0.571. The van der Waals surface area contributed by atoms with Crippen LogP contribution in [-0.2, 0) is 9.73 Å². The van der Waals surface area contributed by atoms with Gasteiger partial charge in [-0.2, -0.15) is 5.26 Å². The van der Waals surface area contributed by atoms with Gasteiger partial charge in [0.15, 0.2) is 0 Å². The molecule has 0 amide bonds. The first-order valence-electron chi connectivity index (χ1n) is 3.42. The second-order valence-corrected chi connectivity index (χ2v) is 5.10. The highest BCUT2D eigenvalue weighted by Gasteiger charge is 2.12. The highest BCUT2D eigenvalue weighted by molar-refractivity contribution is 7.93. The molecule has 0 aromatic carbocycles. The van der Waals surface area contributed by atoms with Crippen LogP contribution in [0.5, 0.6) is 0 Å². The molecule has 0 radical (unpaired) electrons. The van der Waals surface area contributed by atoms with E-state index in [4.69, 9.17) is 5.26 Å². The van der Waals surface area contributed by atoms with Crippen molar-refractivity contribution in [3.63, 3.8) is 0 Å². The lowest BCUT2D eigenvalue weighted by Crippen LogP contribution is -2.14. The van der Waals surface area contributed by atoms with E-state index in [1.807, 2.05) is 13.0 Å². The van der Waals surface area contributed by atoms with Crippen LogP contribution in [0, 0.1) is 11.5 Å². The Labute approximate surface area is 66.9 Å². The molecular formula is C7H10N2OS. The Morgan fingerprint density at radius 3 is 3.00 bits per heavy atom. The largest absolute Gasteiger partial charge is 0.248 e. The predicted molar refractivity (Wildman–Crippen MR) is 44.3 cm³/mol. The maximum Gasteiger partial charge on any atom is 0.214 e. The van der Waals surface area contributed by atoms with Gasteiger partial charge in [0.2, 0.25) is 6.19 Å². The Kier molecular flexibility index (Phi) is 2.30. The normalized spacial score (nSPS) is 30.4. The molecule has 1 rings (SSSR count). The molecule has 0 bridgehead atoms. The highest BCUT2D eigenvalue weighted by Crippen LogP contribution is 2.13. The average molecular weight is 170 g/mol. The van der Waals surface area contributed by atoms with Crippen molar-refractivity contribution >= 4 is 9.73 Å². The summed E-state index contributed by atoms with van der Waals surface area (Å²) in [6, 6.07) is 0. The molecule has 1 aliphatic heterocycles. The van der Waals surface area contributed by atoms with Crippen LogP contribution in [0.1, 0.15) is 13.3 Å². The van der Waals surface area contributed by atoms with Crippen molar-refractivity contribution in [1.29, 1.82) is 5.26 Å². The molecule has 1 aliphatic rings. The summed E-state index contributed by atoms with van der Waals surface area (Å²) in [5.41, 5.74) is 1.25. The molecule has 0 N–H and O–H groups in total. The number of nitriles is 1. The van der Waals surface area contributed by atoms with Crippen LogP contribution in [0.2, 0.25) is 0 Å². The van der Waals surface area contributed by atoms with Crippen molar-refractivity contribution in [3.05, 3.63) is 11.6 Å². The summed E-state index contributed by atoms with van der Waals surface area (Å²) < 4.78 is 15.0. The number of allylic oxidation sites excluding steroid dienone is 1. The topological polar surface area (TPSA) is 53.2 Å². The number of rotatable bonds is 0. The summed E-state index contributed by atoms with van der Waals surface area (Å²) in [5.74, 6) is 0.995. The van der Waals surface area contributed by atoms with Crippen molar-refractivity contribution in [2.45, 2.75) is 13.3 Å². The molecular weight excluding hydrogens is 160 g/mol. The Balaban J connectivity index is 2.91. The van der Waals surface area contributed by atoms with E-state index in [1.165, 1.54) is 5.57 Å². The molecule has 0 aliphatic carbocycles. The van der Waals surface area contributed by atoms with E-state index < -0.39 is 9.73 Å². The molecule has 0 saturated carbocycles. The van der Waals surface area contributed by atoms with Gasteiger partial charge in [-0.05, 0) is 13.3 Å². The molecule has 0 saturated heterocycles. The molecule has 0 aromatic rings. The van der Waals surface area contributed by atoms with Gasteiger partial charge in [-0.15, -0.1) is 4.36 Å². The molecule has 1 unspecified atom stereocenters. The quantitative estimate of drug-likeness (QED) is 0.406. The monoisotopic (exact) mass is 170 g/mol. The van der Waals surface area contributed by atoms with Crippen LogP contribution in [0.25, 0.3) is 0 Å². The smallest absolute Gasteiger partial charge is 0.214 e. The molecule has 60 valence electrons. The first-order chi connectivity index (χ1) is 5.16. The Morgan fingerprint density at radius 2 is 2.55 bits per heavy atom. The van der Waals surface area contributed by atoms with Crippen LogP contribution in [0.3, 0.4) is 0 Å². The van der Waals surface area contributed by atoms with Crippen molar-refractivity contribution in [1.82, 2.24) is 0 Å². The minimum absolute atomic E-state index is 0.451. The Morgan fingerprint density at radius 1 is 1.82 bits per heavy atom. The van der Waals surface area contributed by atoms with Crippen LogP contribution >= 0.6 is 0 Å². The number of hydrogen-bond donors (Lipinski definition) is 0. The molecule has 11 heavy (non-hydrogen) atoms. The van der Waals surface area contributed by atoms with E-state index in [9.17, 15) is 4.21 Å². The highest BCUT2D eigenvalue weighted by atomic mass is 32.2. The van der Waals surface area contributed by atoms with Crippen LogP contribution in [-0.4, -0.2) is 15.7 Å². The minimum atomic E-state index is -2.19. The van der Waals surface area contributed by atoms with Gasteiger partial charge in [-0.1, -0.05) is 11.6 Å². The molecule has 1 atom stereocenters. The number of nitrogens with zero attached hydrogens (tertiary/aromatic N) is 2. The molecule has 3 nitrogen and oxygen atoms in total. The van der Waals surface area contributed by atoms with E-state index in [-0.39, 0.29) is 0 Å². The SMILES string of the molecule is CC1=CCS(=O)(=NC#N)CC1. The summed E-state index contributed by atoms with van der Waals surface area (Å²) in [7, 11) is -2.19. The van der Waals surface area contributed by atoms with Gasteiger partial charge in [0.1, 0.15) is 0 Å². The summed E-state index contributed by atoms with van der Waals surface area (Å²) in [6.07, 6.45) is 4.33.